The number of hydrogen-bond donors (Lipinski definition) is 2. The lowest BCUT2D eigenvalue weighted by molar-refractivity contribution is -0.117. The van der Waals surface area contributed by atoms with Crippen LogP contribution < -0.4 is 20.5 Å². The molecule has 1 saturated heterocycles. The minimum absolute atomic E-state index is 0.0487. The van der Waals surface area contributed by atoms with Gasteiger partial charge in [-0.25, -0.2) is 9.37 Å². The third-order valence-corrected chi connectivity index (χ3v) is 5.05. The molecule has 1 aromatic heterocycles. The molecule has 1 amide bonds. The lowest BCUT2D eigenvalue weighted by Crippen LogP contribution is -2.25. The average Bonchev–Trinajstić information content (AvgIpc) is 3.14. The largest absolute Gasteiger partial charge is 0.495 e. The van der Waals surface area contributed by atoms with Crippen molar-refractivity contribution >= 4 is 17.5 Å². The smallest absolute Gasteiger partial charge is 0.252 e. The number of nitrogens with zero attached hydrogens (tertiary/aromatic N) is 2. The molecule has 0 radical (unpaired) electrons. The van der Waals surface area contributed by atoms with Gasteiger partial charge in [0.25, 0.3) is 5.56 Å². The van der Waals surface area contributed by atoms with Crippen LogP contribution in [0.2, 0.25) is 0 Å². The Morgan fingerprint density at radius 1 is 1.20 bits per heavy atom. The molecular formula is C22H21FN4O3. The summed E-state index contributed by atoms with van der Waals surface area (Å²) in [7, 11) is 1.56. The maximum Gasteiger partial charge on any atom is 0.252 e. The number of aromatic amines is 1. The minimum atomic E-state index is -0.308. The Hall–Kier alpha value is -3.68. The second-order valence-electron chi connectivity index (χ2n) is 7.08. The monoisotopic (exact) mass is 408 g/mol. The third kappa shape index (κ3) is 4.17. The first kappa shape index (κ1) is 19.6. The van der Waals surface area contributed by atoms with E-state index in [2.05, 4.69) is 15.3 Å². The summed E-state index contributed by atoms with van der Waals surface area (Å²) in [5.41, 5.74) is 1.80. The van der Waals surface area contributed by atoms with Gasteiger partial charge in [0.1, 0.15) is 11.6 Å². The maximum absolute atomic E-state index is 13.0. The number of halogens is 1. The number of H-pyrrole nitrogens is 1. The van der Waals surface area contributed by atoms with Gasteiger partial charge in [0.05, 0.1) is 18.5 Å². The Labute approximate surface area is 172 Å². The van der Waals surface area contributed by atoms with E-state index in [4.69, 9.17) is 4.74 Å². The van der Waals surface area contributed by atoms with Gasteiger partial charge in [0.15, 0.2) is 0 Å². The molecule has 1 aliphatic rings. The molecule has 1 aliphatic heterocycles. The van der Waals surface area contributed by atoms with Crippen LogP contribution in [0.25, 0.3) is 0 Å². The lowest BCUT2D eigenvalue weighted by Gasteiger charge is -2.19. The van der Waals surface area contributed by atoms with Crippen LogP contribution in [0.15, 0.2) is 59.4 Å². The fourth-order valence-electron chi connectivity index (χ4n) is 3.55. The molecule has 3 aromatic rings. The van der Waals surface area contributed by atoms with Crippen molar-refractivity contribution in [3.05, 3.63) is 82.0 Å². The van der Waals surface area contributed by atoms with Crippen molar-refractivity contribution in [3.8, 4) is 5.75 Å². The second kappa shape index (κ2) is 8.36. The van der Waals surface area contributed by atoms with Crippen molar-refractivity contribution in [1.29, 1.82) is 0 Å². The van der Waals surface area contributed by atoms with Crippen LogP contribution in [0.3, 0.4) is 0 Å². The van der Waals surface area contributed by atoms with Crippen molar-refractivity contribution in [2.24, 2.45) is 0 Å². The molecule has 0 bridgehead atoms. The van der Waals surface area contributed by atoms with E-state index >= 15 is 0 Å². The van der Waals surface area contributed by atoms with Crippen LogP contribution in [-0.4, -0.2) is 29.5 Å². The number of hydrogen-bond acceptors (Lipinski definition) is 5. The maximum atomic E-state index is 13.0. The molecule has 1 fully saturated rings. The predicted molar refractivity (Wildman–Crippen MR) is 111 cm³/mol. The van der Waals surface area contributed by atoms with Crippen molar-refractivity contribution in [1.82, 2.24) is 9.97 Å². The first-order chi connectivity index (χ1) is 14.5. The van der Waals surface area contributed by atoms with E-state index in [9.17, 15) is 14.0 Å². The fraction of sp³-hybridized carbons (Fsp3) is 0.227. The quantitative estimate of drug-likeness (QED) is 0.655. The molecule has 2 aromatic carbocycles. The van der Waals surface area contributed by atoms with Crippen molar-refractivity contribution in [3.63, 3.8) is 0 Å². The highest BCUT2D eigenvalue weighted by Crippen LogP contribution is 2.35. The number of nitrogens with one attached hydrogen (secondary N) is 2. The molecule has 154 valence electrons. The van der Waals surface area contributed by atoms with Gasteiger partial charge in [0, 0.05) is 31.5 Å². The number of para-hydroxylation sites is 2. The SMILES string of the molecule is COc1ccccc1N1CC(c2cc(=O)[nH]c(NCc3ccc(F)cc3)n2)CC1=O. The molecule has 0 saturated carbocycles. The number of benzene rings is 2. The summed E-state index contributed by atoms with van der Waals surface area (Å²) in [5, 5.41) is 3.05. The van der Waals surface area contributed by atoms with E-state index in [0.717, 1.165) is 5.56 Å². The van der Waals surface area contributed by atoms with Crippen LogP contribution in [-0.2, 0) is 11.3 Å². The standard InChI is InChI=1S/C22H21FN4O3/c1-30-19-5-3-2-4-18(19)27-13-15(10-21(27)29)17-11-20(28)26-22(25-17)24-12-14-6-8-16(23)9-7-14/h2-9,11,15H,10,12-13H2,1H3,(H2,24,25,26,28). The van der Waals surface area contributed by atoms with E-state index in [1.54, 1.807) is 30.2 Å². The highest BCUT2D eigenvalue weighted by molar-refractivity contribution is 5.97. The number of carbonyl (C=O) groups excluding carboxylic acids is 1. The number of methoxy groups -OCH3 is 1. The Morgan fingerprint density at radius 2 is 1.97 bits per heavy atom. The molecule has 1 atom stereocenters. The molecule has 2 heterocycles. The first-order valence-corrected chi connectivity index (χ1v) is 9.56. The molecule has 30 heavy (non-hydrogen) atoms. The van der Waals surface area contributed by atoms with Gasteiger partial charge >= 0.3 is 0 Å². The summed E-state index contributed by atoms with van der Waals surface area (Å²) in [6.45, 7) is 0.788. The molecule has 4 rings (SSSR count). The van der Waals surface area contributed by atoms with Gasteiger partial charge in [-0.3, -0.25) is 14.6 Å². The number of amides is 1. The molecular weight excluding hydrogens is 387 g/mol. The summed E-state index contributed by atoms with van der Waals surface area (Å²) in [6.07, 6.45) is 0.256. The number of ether oxygens (including phenoxy) is 1. The normalized spacial score (nSPS) is 16.0. The van der Waals surface area contributed by atoms with Crippen molar-refractivity contribution in [2.45, 2.75) is 18.9 Å². The van der Waals surface area contributed by atoms with E-state index in [1.165, 1.54) is 18.2 Å². The Balaban J connectivity index is 1.52. The zero-order chi connectivity index (χ0) is 21.1. The Morgan fingerprint density at radius 3 is 2.73 bits per heavy atom. The predicted octanol–water partition coefficient (Wildman–Crippen LogP) is 3.05. The summed E-state index contributed by atoms with van der Waals surface area (Å²) in [4.78, 5) is 33.6. The Kier molecular flexibility index (Phi) is 5.47. The van der Waals surface area contributed by atoms with Gasteiger partial charge in [-0.05, 0) is 29.8 Å². The fourth-order valence-corrected chi connectivity index (χ4v) is 3.55. The molecule has 0 aliphatic carbocycles. The van der Waals surface area contributed by atoms with Crippen molar-refractivity contribution < 1.29 is 13.9 Å². The minimum Gasteiger partial charge on any atom is -0.495 e. The molecule has 2 N–H and O–H groups in total. The van der Waals surface area contributed by atoms with Crippen LogP contribution in [0, 0.1) is 5.82 Å². The van der Waals surface area contributed by atoms with Crippen LogP contribution >= 0.6 is 0 Å². The van der Waals surface area contributed by atoms with Gasteiger partial charge in [0.2, 0.25) is 11.9 Å². The van der Waals surface area contributed by atoms with Gasteiger partial charge in [-0.1, -0.05) is 24.3 Å². The number of carbonyl (C=O) groups is 1. The number of aromatic nitrogens is 2. The van der Waals surface area contributed by atoms with Crippen LogP contribution in [0.1, 0.15) is 23.6 Å². The summed E-state index contributed by atoms with van der Waals surface area (Å²) >= 11 is 0. The van der Waals surface area contributed by atoms with E-state index in [0.29, 0.717) is 36.2 Å². The summed E-state index contributed by atoms with van der Waals surface area (Å²) < 4.78 is 18.4. The topological polar surface area (TPSA) is 87.3 Å². The van der Waals surface area contributed by atoms with Crippen molar-refractivity contribution in [2.75, 3.05) is 23.9 Å². The first-order valence-electron chi connectivity index (χ1n) is 9.56. The molecule has 7 nitrogen and oxygen atoms in total. The highest BCUT2D eigenvalue weighted by atomic mass is 19.1. The van der Waals surface area contributed by atoms with E-state index in [-0.39, 0.29) is 29.6 Å². The lowest BCUT2D eigenvalue weighted by atomic mass is 10.0. The van der Waals surface area contributed by atoms with Crippen LogP contribution in [0.4, 0.5) is 16.0 Å². The van der Waals surface area contributed by atoms with E-state index in [1.807, 2.05) is 18.2 Å². The average molecular weight is 408 g/mol. The molecule has 0 spiro atoms. The number of anilines is 2. The van der Waals surface area contributed by atoms with Crippen LogP contribution in [0.5, 0.6) is 5.75 Å². The summed E-state index contributed by atoms with van der Waals surface area (Å²) in [6, 6.07) is 14.8. The van der Waals surface area contributed by atoms with Gasteiger partial charge < -0.3 is 15.0 Å². The van der Waals surface area contributed by atoms with Gasteiger partial charge in [-0.15, -0.1) is 0 Å². The second-order valence-corrected chi connectivity index (χ2v) is 7.08. The Bertz CT molecular complexity index is 1110. The third-order valence-electron chi connectivity index (χ3n) is 5.05. The zero-order valence-electron chi connectivity index (χ0n) is 16.4. The molecule has 1 unspecified atom stereocenters. The number of rotatable bonds is 6. The van der Waals surface area contributed by atoms with Gasteiger partial charge in [-0.2, -0.15) is 0 Å². The molecule has 8 heteroatoms. The summed E-state index contributed by atoms with van der Waals surface area (Å²) in [5.74, 6) is 0.360. The van der Waals surface area contributed by atoms with E-state index < -0.39 is 0 Å². The zero-order valence-corrected chi connectivity index (χ0v) is 16.4. The highest BCUT2D eigenvalue weighted by Gasteiger charge is 2.34.